The molecule has 1 aromatic carbocycles. The van der Waals surface area contributed by atoms with Crippen molar-refractivity contribution >= 4 is 0 Å². The van der Waals surface area contributed by atoms with Gasteiger partial charge in [-0.25, -0.2) is 0 Å². The van der Waals surface area contributed by atoms with Crippen molar-refractivity contribution in [1.29, 1.82) is 0 Å². The Morgan fingerprint density at radius 1 is 1.23 bits per heavy atom. The first-order valence-electron chi connectivity index (χ1n) is 3.87. The maximum Gasteiger partial charge on any atom is 2.00 e. The van der Waals surface area contributed by atoms with Crippen LogP contribution in [-0.2, 0) is 11.3 Å². The first-order chi connectivity index (χ1) is 5.43. The van der Waals surface area contributed by atoms with E-state index in [-0.39, 0.29) is 38.5 Å². The van der Waals surface area contributed by atoms with Gasteiger partial charge in [-0.05, 0) is 0 Å². The van der Waals surface area contributed by atoms with Crippen LogP contribution in [0.15, 0.2) is 24.3 Å². The van der Waals surface area contributed by atoms with Gasteiger partial charge in [-0.1, -0.05) is 13.8 Å². The van der Waals surface area contributed by atoms with Gasteiger partial charge in [0.15, 0.2) is 0 Å². The normalized spacial score (nSPS) is 7.00. The minimum Gasteiger partial charge on any atom is -0.382 e. The van der Waals surface area contributed by atoms with Crippen molar-refractivity contribution in [3.8, 4) is 0 Å². The van der Waals surface area contributed by atoms with Gasteiger partial charge in [0, 0.05) is 13.7 Å². The first-order valence-corrected chi connectivity index (χ1v) is 3.87. The number of hydrogen-bond acceptors (Lipinski definition) is 1. The smallest absolute Gasteiger partial charge is 0.382 e. The van der Waals surface area contributed by atoms with Gasteiger partial charge >= 0.3 is 31.1 Å². The van der Waals surface area contributed by atoms with Crippen molar-refractivity contribution in [3.05, 3.63) is 43.3 Å². The van der Waals surface area contributed by atoms with Crippen molar-refractivity contribution in [1.82, 2.24) is 0 Å². The van der Waals surface area contributed by atoms with Gasteiger partial charge < -0.3 is 12.2 Å². The molecule has 0 amide bonds. The molecule has 1 nitrogen and oxygen atoms in total. The second kappa shape index (κ2) is 14.7. The molecule has 0 N–H and O–H groups in total. The molecule has 0 spiro atoms. The van der Waals surface area contributed by atoms with Crippen LogP contribution in [0.1, 0.15) is 19.4 Å². The van der Waals surface area contributed by atoms with Gasteiger partial charge in [-0.3, -0.25) is 0 Å². The fourth-order valence-electron chi connectivity index (χ4n) is 0.684. The van der Waals surface area contributed by atoms with E-state index in [0.717, 1.165) is 0 Å². The molecule has 1 rings (SSSR count). The van der Waals surface area contributed by atoms with E-state index in [1.54, 1.807) is 7.11 Å². The SMILES string of the molecule is CC.COCc1cc[c-]cc1.[CH3-].[U+2]. The molecule has 0 aliphatic heterocycles. The standard InChI is InChI=1S/C8H9O.C2H6.CH3.U/c1-9-7-8-5-3-2-4-6-8;1-2;;/h3-6H,7H2,1H3;1-2H3;1H3;/q-1;;-1;+2. The molecule has 0 aliphatic rings. The van der Waals surface area contributed by atoms with E-state index in [1.807, 2.05) is 38.1 Å². The van der Waals surface area contributed by atoms with Crippen molar-refractivity contribution in [2.45, 2.75) is 20.5 Å². The van der Waals surface area contributed by atoms with Gasteiger partial charge in [0.2, 0.25) is 0 Å². The van der Waals surface area contributed by atoms with Gasteiger partial charge in [-0.2, -0.15) is 30.3 Å². The molecule has 1 aromatic rings. The van der Waals surface area contributed by atoms with E-state index in [9.17, 15) is 0 Å². The molecule has 2 heteroatoms. The molecule has 0 heterocycles. The van der Waals surface area contributed by atoms with E-state index in [2.05, 4.69) is 6.07 Å². The molecule has 0 unspecified atom stereocenters. The van der Waals surface area contributed by atoms with E-state index in [4.69, 9.17) is 4.74 Å². The molecular weight excluding hydrogens is 386 g/mol. The Morgan fingerprint density at radius 2 is 1.69 bits per heavy atom. The third-order valence-corrected chi connectivity index (χ3v) is 1.10. The van der Waals surface area contributed by atoms with Crippen molar-refractivity contribution in [2.24, 2.45) is 0 Å². The van der Waals surface area contributed by atoms with Crippen LogP contribution in [0.5, 0.6) is 0 Å². The average Bonchev–Trinajstić information content (AvgIpc) is 2.11. The third kappa shape index (κ3) is 10.2. The van der Waals surface area contributed by atoms with Crippen LogP contribution in [-0.4, -0.2) is 7.11 Å². The predicted octanol–water partition coefficient (Wildman–Crippen LogP) is 3.11. The van der Waals surface area contributed by atoms with Crippen LogP contribution in [0.25, 0.3) is 0 Å². The van der Waals surface area contributed by atoms with Crippen LogP contribution in [0.2, 0.25) is 0 Å². The van der Waals surface area contributed by atoms with Gasteiger partial charge in [0.25, 0.3) is 0 Å². The summed E-state index contributed by atoms with van der Waals surface area (Å²) in [5.41, 5.74) is 1.19. The predicted molar refractivity (Wildman–Crippen MR) is 53.8 cm³/mol. The summed E-state index contributed by atoms with van der Waals surface area (Å²) in [5, 5.41) is 0. The van der Waals surface area contributed by atoms with E-state index < -0.39 is 0 Å². The Kier molecular flexibility index (Phi) is 21.4. The first kappa shape index (κ1) is 18.9. The molecular formula is C11H18OU. The molecule has 0 fully saturated rings. The van der Waals surface area contributed by atoms with E-state index >= 15 is 0 Å². The van der Waals surface area contributed by atoms with Crippen molar-refractivity contribution in [3.63, 3.8) is 0 Å². The maximum absolute atomic E-state index is 4.91. The summed E-state index contributed by atoms with van der Waals surface area (Å²) in [6, 6.07) is 10.7. The van der Waals surface area contributed by atoms with E-state index in [0.29, 0.717) is 6.61 Å². The summed E-state index contributed by atoms with van der Waals surface area (Å²) in [7, 11) is 1.69. The molecule has 0 atom stereocenters. The number of rotatable bonds is 2. The minimum absolute atomic E-state index is 0. The summed E-state index contributed by atoms with van der Waals surface area (Å²) >= 11 is 0. The molecule has 0 aliphatic carbocycles. The Labute approximate surface area is 106 Å². The molecule has 0 aromatic heterocycles. The second-order valence-corrected chi connectivity index (χ2v) is 1.84. The molecule has 13 heavy (non-hydrogen) atoms. The fourth-order valence-corrected chi connectivity index (χ4v) is 0.684. The van der Waals surface area contributed by atoms with Gasteiger partial charge in [-0.15, -0.1) is 5.56 Å². The zero-order valence-corrected chi connectivity index (χ0v) is 13.1. The summed E-state index contributed by atoms with van der Waals surface area (Å²) in [5.74, 6) is 0. The van der Waals surface area contributed by atoms with Gasteiger partial charge in [0.1, 0.15) is 0 Å². The van der Waals surface area contributed by atoms with Crippen LogP contribution < -0.4 is 0 Å². The number of hydrogen-bond donors (Lipinski definition) is 0. The molecule has 0 radical (unpaired) electrons. The third-order valence-electron chi connectivity index (χ3n) is 1.10. The zero-order chi connectivity index (χ0) is 8.53. The Balaban J connectivity index is -0.000000234. The van der Waals surface area contributed by atoms with Crippen LogP contribution in [0.4, 0.5) is 0 Å². The fraction of sp³-hybridized carbons (Fsp3) is 0.364. The average molecular weight is 404 g/mol. The molecule has 0 saturated carbocycles. The quantitative estimate of drug-likeness (QED) is 0.689. The Bertz CT molecular complexity index is 163. The summed E-state index contributed by atoms with van der Waals surface area (Å²) < 4.78 is 4.91. The largest absolute Gasteiger partial charge is 2.00 e. The van der Waals surface area contributed by atoms with Crippen LogP contribution in [0.3, 0.4) is 0 Å². The van der Waals surface area contributed by atoms with Crippen LogP contribution >= 0.6 is 0 Å². The molecule has 0 saturated heterocycles. The van der Waals surface area contributed by atoms with Crippen LogP contribution in [0, 0.1) is 44.6 Å². The Morgan fingerprint density at radius 3 is 2.08 bits per heavy atom. The molecule has 72 valence electrons. The van der Waals surface area contributed by atoms with E-state index in [1.165, 1.54) is 5.56 Å². The number of ether oxygens (including phenoxy) is 1. The summed E-state index contributed by atoms with van der Waals surface area (Å²) in [6.07, 6.45) is 0. The number of benzene rings is 1. The molecule has 0 bridgehead atoms. The van der Waals surface area contributed by atoms with Crippen molar-refractivity contribution in [2.75, 3.05) is 7.11 Å². The summed E-state index contributed by atoms with van der Waals surface area (Å²) in [6.45, 7) is 4.69. The Hall–Kier alpha value is 0.232. The minimum atomic E-state index is 0. The second-order valence-electron chi connectivity index (χ2n) is 1.84. The topological polar surface area (TPSA) is 9.23 Å². The zero-order valence-electron chi connectivity index (χ0n) is 8.92. The monoisotopic (exact) mass is 404 g/mol. The summed E-state index contributed by atoms with van der Waals surface area (Å²) in [4.78, 5) is 0. The van der Waals surface area contributed by atoms with Crippen molar-refractivity contribution < 1.29 is 35.9 Å². The maximum atomic E-state index is 4.91. The number of methoxy groups -OCH3 is 1. The van der Waals surface area contributed by atoms with Gasteiger partial charge in [0.05, 0.1) is 0 Å².